The van der Waals surface area contributed by atoms with Gasteiger partial charge in [0.05, 0.1) is 5.39 Å². The average molecular weight is 303 g/mol. The van der Waals surface area contributed by atoms with Gasteiger partial charge in [-0.05, 0) is 26.8 Å². The van der Waals surface area contributed by atoms with E-state index in [1.54, 1.807) is 24.3 Å². The fourth-order valence-corrected chi connectivity index (χ4v) is 1.92. The number of benzene rings is 1. The van der Waals surface area contributed by atoms with E-state index in [2.05, 4.69) is 15.5 Å². The summed E-state index contributed by atoms with van der Waals surface area (Å²) in [7, 11) is 0. The first kappa shape index (κ1) is 15.7. The Labute approximate surface area is 126 Å². The van der Waals surface area contributed by atoms with Crippen LogP contribution in [-0.4, -0.2) is 34.2 Å². The Hall–Kier alpha value is -2.70. The second kappa shape index (κ2) is 5.97. The van der Waals surface area contributed by atoms with Crippen LogP contribution in [0.15, 0.2) is 29.1 Å². The molecular weight excluding hydrogens is 286 g/mol. The van der Waals surface area contributed by atoms with Gasteiger partial charge >= 0.3 is 5.97 Å². The lowest BCUT2D eigenvalue weighted by Crippen LogP contribution is -2.42. The minimum atomic E-state index is -0.767. The molecule has 0 aliphatic rings. The summed E-state index contributed by atoms with van der Waals surface area (Å²) >= 11 is 0. The topological polar surface area (TPSA) is 101 Å². The lowest BCUT2D eigenvalue weighted by atomic mass is 10.1. The van der Waals surface area contributed by atoms with E-state index < -0.39 is 29.6 Å². The lowest BCUT2D eigenvalue weighted by Gasteiger charge is -2.20. The summed E-state index contributed by atoms with van der Waals surface area (Å²) in [5, 5.41) is 9.35. The quantitative estimate of drug-likeness (QED) is 0.824. The highest BCUT2D eigenvalue weighted by molar-refractivity contribution is 6.02. The molecule has 0 bridgehead atoms. The second-order valence-electron chi connectivity index (χ2n) is 5.82. The molecule has 0 aliphatic carbocycles. The minimum Gasteiger partial charge on any atom is -0.451 e. The van der Waals surface area contributed by atoms with Crippen molar-refractivity contribution in [3.8, 4) is 0 Å². The van der Waals surface area contributed by atoms with Crippen LogP contribution < -0.4 is 10.9 Å². The zero-order valence-electron chi connectivity index (χ0n) is 12.6. The maximum atomic E-state index is 12.1. The van der Waals surface area contributed by atoms with Crippen molar-refractivity contribution in [2.75, 3.05) is 6.61 Å². The van der Waals surface area contributed by atoms with Crippen molar-refractivity contribution in [1.82, 2.24) is 15.5 Å². The van der Waals surface area contributed by atoms with Gasteiger partial charge in [-0.15, -0.1) is 0 Å². The van der Waals surface area contributed by atoms with E-state index in [4.69, 9.17) is 4.74 Å². The molecule has 1 amide bonds. The van der Waals surface area contributed by atoms with Crippen LogP contribution >= 0.6 is 0 Å². The largest absolute Gasteiger partial charge is 0.451 e. The molecule has 2 N–H and O–H groups in total. The average Bonchev–Trinajstić information content (AvgIpc) is 2.44. The number of nitrogens with one attached hydrogen (secondary N) is 2. The molecule has 0 atom stereocenters. The van der Waals surface area contributed by atoms with Crippen LogP contribution in [0.4, 0.5) is 0 Å². The van der Waals surface area contributed by atoms with E-state index in [-0.39, 0.29) is 5.69 Å². The number of fused-ring (bicyclic) bond motifs is 1. The van der Waals surface area contributed by atoms with E-state index in [0.29, 0.717) is 10.8 Å². The number of aromatic nitrogens is 2. The van der Waals surface area contributed by atoms with Gasteiger partial charge in [0.1, 0.15) is 0 Å². The third kappa shape index (κ3) is 3.69. The molecule has 1 aromatic heterocycles. The molecule has 0 unspecified atom stereocenters. The minimum absolute atomic E-state index is 0.0289. The standard InChI is InChI=1S/C15H17N3O4/c1-15(2,3)16-11(19)8-22-14(21)12-9-6-4-5-7-10(9)13(20)18-17-12/h4-7H,8H2,1-3H3,(H,16,19)(H,18,20). The number of rotatable bonds is 3. The van der Waals surface area contributed by atoms with Crippen molar-refractivity contribution < 1.29 is 14.3 Å². The fraction of sp³-hybridized carbons (Fsp3) is 0.333. The monoisotopic (exact) mass is 303 g/mol. The van der Waals surface area contributed by atoms with Crippen LogP contribution in [0.5, 0.6) is 0 Å². The summed E-state index contributed by atoms with van der Waals surface area (Å²) in [5.41, 5.74) is -0.830. The van der Waals surface area contributed by atoms with Gasteiger partial charge in [-0.2, -0.15) is 5.10 Å². The summed E-state index contributed by atoms with van der Waals surface area (Å²) in [6, 6.07) is 6.55. The smallest absolute Gasteiger partial charge is 0.359 e. The highest BCUT2D eigenvalue weighted by Crippen LogP contribution is 2.13. The van der Waals surface area contributed by atoms with Crippen molar-refractivity contribution >= 4 is 22.6 Å². The van der Waals surface area contributed by atoms with Gasteiger partial charge in [-0.3, -0.25) is 9.59 Å². The van der Waals surface area contributed by atoms with E-state index in [0.717, 1.165) is 0 Å². The van der Waals surface area contributed by atoms with Crippen molar-refractivity contribution in [2.24, 2.45) is 0 Å². The summed E-state index contributed by atoms with van der Waals surface area (Å²) < 4.78 is 4.95. The normalized spacial score (nSPS) is 11.2. The van der Waals surface area contributed by atoms with E-state index >= 15 is 0 Å². The van der Waals surface area contributed by atoms with Gasteiger partial charge in [-0.25, -0.2) is 9.89 Å². The number of hydrogen-bond acceptors (Lipinski definition) is 5. The van der Waals surface area contributed by atoms with Crippen LogP contribution in [0.1, 0.15) is 31.3 Å². The molecule has 2 aromatic rings. The maximum absolute atomic E-state index is 12.1. The molecule has 0 saturated carbocycles. The Kier molecular flexibility index (Phi) is 4.25. The number of ether oxygens (including phenoxy) is 1. The summed E-state index contributed by atoms with van der Waals surface area (Å²) in [6.07, 6.45) is 0. The molecular formula is C15H17N3O4. The van der Waals surface area contributed by atoms with Crippen molar-refractivity contribution in [3.63, 3.8) is 0 Å². The molecule has 116 valence electrons. The van der Waals surface area contributed by atoms with Crippen molar-refractivity contribution in [3.05, 3.63) is 40.3 Å². The zero-order valence-corrected chi connectivity index (χ0v) is 12.6. The zero-order chi connectivity index (χ0) is 16.3. The van der Waals surface area contributed by atoms with Gasteiger partial charge in [0, 0.05) is 10.9 Å². The number of amides is 1. The molecule has 7 nitrogen and oxygen atoms in total. The van der Waals surface area contributed by atoms with E-state index in [1.165, 1.54) is 0 Å². The Morgan fingerprint density at radius 3 is 2.50 bits per heavy atom. The maximum Gasteiger partial charge on any atom is 0.359 e. The predicted octanol–water partition coefficient (Wildman–Crippen LogP) is 0.995. The fourth-order valence-electron chi connectivity index (χ4n) is 1.92. The molecule has 0 aliphatic heterocycles. The second-order valence-corrected chi connectivity index (χ2v) is 5.82. The molecule has 7 heteroatoms. The first-order valence-electron chi connectivity index (χ1n) is 6.73. The molecule has 1 aromatic carbocycles. The number of esters is 1. The molecule has 1 heterocycles. The highest BCUT2D eigenvalue weighted by atomic mass is 16.5. The molecule has 0 spiro atoms. The molecule has 0 radical (unpaired) electrons. The summed E-state index contributed by atoms with van der Waals surface area (Å²) in [5.74, 6) is -1.17. The molecule has 0 fully saturated rings. The van der Waals surface area contributed by atoms with Crippen LogP contribution in [0.25, 0.3) is 10.8 Å². The number of hydrogen-bond donors (Lipinski definition) is 2. The first-order valence-corrected chi connectivity index (χ1v) is 6.73. The molecule has 2 rings (SSSR count). The Balaban J connectivity index is 2.16. The molecule has 0 saturated heterocycles. The Morgan fingerprint density at radius 1 is 1.23 bits per heavy atom. The number of carbonyl (C=O) groups is 2. The van der Waals surface area contributed by atoms with Crippen LogP contribution in [0.3, 0.4) is 0 Å². The first-order chi connectivity index (χ1) is 10.3. The summed E-state index contributed by atoms with van der Waals surface area (Å²) in [4.78, 5) is 35.3. The van der Waals surface area contributed by atoms with Gasteiger partial charge in [-0.1, -0.05) is 18.2 Å². The lowest BCUT2D eigenvalue weighted by molar-refractivity contribution is -0.125. The third-order valence-electron chi connectivity index (χ3n) is 2.74. The van der Waals surface area contributed by atoms with Crippen LogP contribution in [0, 0.1) is 0 Å². The highest BCUT2D eigenvalue weighted by Gasteiger charge is 2.18. The Morgan fingerprint density at radius 2 is 1.86 bits per heavy atom. The van der Waals surface area contributed by atoms with Gasteiger partial charge in [0.15, 0.2) is 12.3 Å². The van der Waals surface area contributed by atoms with Crippen molar-refractivity contribution in [2.45, 2.75) is 26.3 Å². The molecule has 22 heavy (non-hydrogen) atoms. The summed E-state index contributed by atoms with van der Waals surface area (Å²) in [6.45, 7) is 5.06. The van der Waals surface area contributed by atoms with Crippen LogP contribution in [-0.2, 0) is 9.53 Å². The number of aromatic amines is 1. The SMILES string of the molecule is CC(C)(C)NC(=O)COC(=O)c1n[nH]c(=O)c2ccccc12. The van der Waals surface area contributed by atoms with E-state index in [9.17, 15) is 14.4 Å². The number of H-pyrrole nitrogens is 1. The van der Waals surface area contributed by atoms with Gasteiger partial charge in [0.25, 0.3) is 11.5 Å². The van der Waals surface area contributed by atoms with Gasteiger partial charge < -0.3 is 10.1 Å². The van der Waals surface area contributed by atoms with Crippen molar-refractivity contribution in [1.29, 1.82) is 0 Å². The Bertz CT molecular complexity index is 774. The number of carbonyl (C=O) groups excluding carboxylic acids is 2. The van der Waals surface area contributed by atoms with Gasteiger partial charge in [0.2, 0.25) is 0 Å². The third-order valence-corrected chi connectivity index (χ3v) is 2.74. The van der Waals surface area contributed by atoms with Crippen LogP contribution in [0.2, 0.25) is 0 Å². The predicted molar refractivity (Wildman–Crippen MR) is 80.5 cm³/mol. The number of nitrogens with zero attached hydrogens (tertiary/aromatic N) is 1. The van der Waals surface area contributed by atoms with E-state index in [1.807, 2.05) is 20.8 Å².